The molecule has 0 aromatic carbocycles. The van der Waals surface area contributed by atoms with Crippen LogP contribution in [0.5, 0.6) is 0 Å². The molecule has 12 heterocycles. The van der Waals surface area contributed by atoms with E-state index >= 15 is 0 Å². The van der Waals surface area contributed by atoms with Crippen molar-refractivity contribution in [1.29, 1.82) is 0 Å². The first-order valence-electron chi connectivity index (χ1n) is 27.7. The van der Waals surface area contributed by atoms with Crippen molar-refractivity contribution in [3.63, 3.8) is 0 Å². The van der Waals surface area contributed by atoms with Crippen molar-refractivity contribution in [3.8, 4) is 0 Å². The van der Waals surface area contributed by atoms with Crippen LogP contribution in [-0.4, -0.2) is 109 Å². The lowest BCUT2D eigenvalue weighted by Crippen LogP contribution is -2.70. The molecule has 6 unspecified atom stereocenters. The second kappa shape index (κ2) is 18.2. The molecule has 12 aliphatic heterocycles. The number of hydrogen-bond donors (Lipinski definition) is 1. The third kappa shape index (κ3) is 7.95. The van der Waals surface area contributed by atoms with Crippen LogP contribution >= 0.6 is 0 Å². The van der Waals surface area contributed by atoms with E-state index in [1.165, 1.54) is 0 Å². The van der Waals surface area contributed by atoms with Gasteiger partial charge in [0.2, 0.25) is 23.7 Å². The topological polar surface area (TPSA) is 202 Å². The quantitative estimate of drug-likeness (QED) is 0.127. The summed E-state index contributed by atoms with van der Waals surface area (Å²) in [5, 5.41) is 2.85. The summed E-state index contributed by atoms with van der Waals surface area (Å²) in [5.41, 5.74) is -2.39. The van der Waals surface area contributed by atoms with Crippen LogP contribution in [0, 0.1) is 71.0 Å². The van der Waals surface area contributed by atoms with E-state index in [4.69, 9.17) is 72.0 Å². The predicted octanol–water partition coefficient (Wildman–Crippen LogP) is 7.66. The number of amides is 1. The maximum atomic E-state index is 14.1. The standard InChI is InChI=1S/C53H79NO18/c1-26-10-13-36-29(4)39(60-44-51(36)33(26)16-19-48(7,64-44)67-70-51)22-41(55)58-24-32(54-47(57)63-43-31(6)38-15-12-28(3)35-18-21-50(9)66-46(62-43)53(35,38)72-69-50)25-59-42(56)23-40-30(5)37-14-11-27(2)34-17-20-49(8)65-45(61-40)52(34,37)71-68-49/h26-40,43-46H,10-25H2,1-9H3,(H,54,57)/t26-,27-,28-,29-,30-,31-,32?,33+,34+,35+,36+,37+,38+,39?,40?,43?,44-,45-,46-,48?,49?,50?,51-,52-,53-/m1/s1. The van der Waals surface area contributed by atoms with Gasteiger partial charge >= 0.3 is 18.0 Å². The number of carbonyl (C=O) groups excluding carboxylic acids is 3. The molecule has 404 valence electrons. The molecule has 6 bridgehead atoms. The molecular formula is C53H79NO18. The fourth-order valence-electron chi connectivity index (χ4n) is 16.7. The van der Waals surface area contributed by atoms with E-state index in [9.17, 15) is 14.4 Å². The molecule has 15 fully saturated rings. The van der Waals surface area contributed by atoms with E-state index in [2.05, 4.69) is 39.9 Å². The average Bonchev–Trinajstić information content (AvgIpc) is 3.82. The van der Waals surface area contributed by atoms with Crippen LogP contribution < -0.4 is 5.32 Å². The smallest absolute Gasteiger partial charge is 0.409 e. The van der Waals surface area contributed by atoms with Gasteiger partial charge in [0.05, 0.1) is 25.0 Å². The predicted molar refractivity (Wildman–Crippen MR) is 245 cm³/mol. The van der Waals surface area contributed by atoms with Gasteiger partial charge in [-0.25, -0.2) is 34.1 Å². The number of alkyl carbamates (subject to hydrolysis) is 1. The molecule has 0 radical (unpaired) electrons. The number of carbonyl (C=O) groups is 3. The summed E-state index contributed by atoms with van der Waals surface area (Å²) in [6, 6.07) is -1.00. The maximum absolute atomic E-state index is 14.1. The van der Waals surface area contributed by atoms with E-state index in [0.717, 1.165) is 57.8 Å². The van der Waals surface area contributed by atoms with Crippen molar-refractivity contribution in [2.45, 2.75) is 230 Å². The van der Waals surface area contributed by atoms with Crippen LogP contribution in [0.3, 0.4) is 0 Å². The van der Waals surface area contributed by atoms with Gasteiger partial charge in [0.1, 0.15) is 19.3 Å². The van der Waals surface area contributed by atoms with E-state index in [1.807, 2.05) is 27.7 Å². The van der Waals surface area contributed by atoms with Crippen molar-refractivity contribution >= 4 is 18.0 Å². The monoisotopic (exact) mass is 1020 g/mol. The zero-order valence-electron chi connectivity index (χ0n) is 43.6. The van der Waals surface area contributed by atoms with Gasteiger partial charge < -0.3 is 47.9 Å². The molecule has 3 aliphatic carbocycles. The van der Waals surface area contributed by atoms with Crippen LogP contribution in [0.25, 0.3) is 0 Å². The van der Waals surface area contributed by atoms with Crippen LogP contribution in [0.1, 0.15) is 152 Å². The first kappa shape index (κ1) is 50.5. The SMILES string of the molecule is C[C@@H]1CC[C@H]2[C@@H](C)C(CC(=O)OCC(COC(=O)CC3O[C@@H]4OC5(C)CC[C@H]6[C@H](C)CC[C@@H]([C@H]3C)[C@@]46OO5)NC(=O)OC3O[C@@H]4OC5(C)CC[C@H]6[C@H](C)CC[C@@H]([C@H]3C)[C@@]46OO5)O[C@@H]3OC4(C)CC[C@@H]1[C@]32OO4. The molecule has 3 spiro atoms. The number of hydrogen-bond acceptors (Lipinski definition) is 18. The number of esters is 2. The van der Waals surface area contributed by atoms with Crippen molar-refractivity contribution < 1.29 is 86.3 Å². The maximum Gasteiger partial charge on any atom is 0.409 e. The Morgan fingerprint density at radius 1 is 0.486 bits per heavy atom. The summed E-state index contributed by atoms with van der Waals surface area (Å²) < 4.78 is 57.5. The summed E-state index contributed by atoms with van der Waals surface area (Å²) in [4.78, 5) is 78.9. The summed E-state index contributed by atoms with van der Waals surface area (Å²) in [6.45, 7) is 17.9. The Balaban J connectivity index is 0.732. The van der Waals surface area contributed by atoms with Crippen LogP contribution in [0.4, 0.5) is 4.79 Å². The molecule has 12 saturated heterocycles. The van der Waals surface area contributed by atoms with Gasteiger partial charge in [-0.1, -0.05) is 41.5 Å². The molecule has 1 N–H and O–H groups in total. The zero-order valence-corrected chi connectivity index (χ0v) is 43.6. The van der Waals surface area contributed by atoms with Gasteiger partial charge in [0.25, 0.3) is 0 Å². The molecule has 24 atom stereocenters. The molecular weight excluding hydrogens is 939 g/mol. The second-order valence-corrected chi connectivity index (χ2v) is 25.2. The highest BCUT2D eigenvalue weighted by Crippen LogP contribution is 2.64. The Morgan fingerprint density at radius 2 is 0.861 bits per heavy atom. The summed E-state index contributed by atoms with van der Waals surface area (Å²) in [5.74, 6) is -2.83. The molecule has 19 nitrogen and oxygen atoms in total. The molecule has 0 aromatic rings. The number of nitrogens with one attached hydrogen (secondary N) is 1. The first-order valence-corrected chi connectivity index (χ1v) is 27.7. The Morgan fingerprint density at radius 3 is 1.26 bits per heavy atom. The number of ether oxygens (including phenoxy) is 9. The molecule has 15 rings (SSSR count). The van der Waals surface area contributed by atoms with Gasteiger partial charge in [-0.2, -0.15) is 0 Å². The fourth-order valence-corrected chi connectivity index (χ4v) is 16.7. The fraction of sp³-hybridized carbons (Fsp3) is 0.943. The lowest BCUT2D eigenvalue weighted by atomic mass is 9.57. The summed E-state index contributed by atoms with van der Waals surface area (Å²) in [7, 11) is 0. The van der Waals surface area contributed by atoms with Gasteiger partial charge in [0.15, 0.2) is 35.7 Å². The lowest BCUT2D eigenvalue weighted by Gasteiger charge is -2.60. The Bertz CT molecular complexity index is 2010. The average molecular weight is 1020 g/mol. The Kier molecular flexibility index (Phi) is 12.8. The van der Waals surface area contributed by atoms with E-state index in [-0.39, 0.29) is 79.3 Å². The van der Waals surface area contributed by atoms with Crippen molar-refractivity contribution in [3.05, 3.63) is 0 Å². The van der Waals surface area contributed by atoms with E-state index in [1.54, 1.807) is 0 Å². The molecule has 1 amide bonds. The lowest BCUT2D eigenvalue weighted by molar-refractivity contribution is -0.576. The zero-order chi connectivity index (χ0) is 50.3. The minimum absolute atomic E-state index is 0.0295. The first-order chi connectivity index (χ1) is 34.3. The molecule has 0 aromatic heterocycles. The third-order valence-corrected chi connectivity index (χ3v) is 20.9. The van der Waals surface area contributed by atoms with Gasteiger partial charge in [0, 0.05) is 42.9 Å². The Hall–Kier alpha value is -2.27. The highest BCUT2D eigenvalue weighted by Gasteiger charge is 2.73. The normalized spacial score (nSPS) is 54.1. The van der Waals surface area contributed by atoms with Gasteiger partial charge in [-0.15, -0.1) is 0 Å². The number of fused-ring (bicyclic) bond motifs is 6. The second-order valence-electron chi connectivity index (χ2n) is 25.2. The summed E-state index contributed by atoms with van der Waals surface area (Å²) >= 11 is 0. The van der Waals surface area contributed by atoms with Gasteiger partial charge in [-0.3, -0.25) is 9.59 Å². The highest BCUT2D eigenvalue weighted by molar-refractivity contribution is 5.71. The molecule has 3 saturated carbocycles. The molecule has 19 heteroatoms. The van der Waals surface area contributed by atoms with Gasteiger partial charge in [-0.05, 0) is 126 Å². The Labute approximate surface area is 422 Å². The van der Waals surface area contributed by atoms with E-state index in [0.29, 0.717) is 37.0 Å². The summed E-state index contributed by atoms with van der Waals surface area (Å²) in [6.07, 6.45) is 4.96. The highest BCUT2D eigenvalue weighted by atomic mass is 17.3. The van der Waals surface area contributed by atoms with Crippen molar-refractivity contribution in [1.82, 2.24) is 5.32 Å². The molecule has 15 aliphatic rings. The van der Waals surface area contributed by atoms with Crippen LogP contribution in [0.2, 0.25) is 0 Å². The molecule has 72 heavy (non-hydrogen) atoms. The van der Waals surface area contributed by atoms with Crippen molar-refractivity contribution in [2.75, 3.05) is 13.2 Å². The van der Waals surface area contributed by atoms with Crippen molar-refractivity contribution in [2.24, 2.45) is 71.0 Å². The largest absolute Gasteiger partial charge is 0.463 e. The minimum atomic E-state index is -1.01. The number of rotatable bonds is 10. The van der Waals surface area contributed by atoms with Crippen LogP contribution in [0.15, 0.2) is 0 Å². The minimum Gasteiger partial charge on any atom is -0.463 e. The van der Waals surface area contributed by atoms with E-state index < -0.39 is 95.6 Å². The third-order valence-electron chi connectivity index (χ3n) is 20.9. The van der Waals surface area contributed by atoms with Crippen LogP contribution in [-0.2, 0) is 81.5 Å².